The molecular weight excluding hydrogens is 236 g/mol. The molecule has 2 N–H and O–H groups in total. The average Bonchev–Trinajstić information content (AvgIpc) is 3.22. The van der Waals surface area contributed by atoms with Crippen LogP contribution in [0.4, 0.5) is 0 Å². The van der Waals surface area contributed by atoms with Gasteiger partial charge in [0.25, 0.3) is 0 Å². The Morgan fingerprint density at radius 1 is 1.32 bits per heavy atom. The van der Waals surface area contributed by atoms with Gasteiger partial charge in [0, 0.05) is 36.1 Å². The molecular formula is C16H30N2O. The summed E-state index contributed by atoms with van der Waals surface area (Å²) in [6, 6.07) is 0.680. The molecule has 0 aromatic heterocycles. The van der Waals surface area contributed by atoms with Crippen molar-refractivity contribution in [3.8, 4) is 0 Å². The minimum absolute atomic E-state index is 0.0734. The van der Waals surface area contributed by atoms with Gasteiger partial charge in [-0.25, -0.2) is 0 Å². The van der Waals surface area contributed by atoms with Crippen LogP contribution in [0.25, 0.3) is 0 Å². The predicted molar refractivity (Wildman–Crippen MR) is 78.0 cm³/mol. The second-order valence-corrected chi connectivity index (χ2v) is 7.80. The second-order valence-electron chi connectivity index (χ2n) is 7.80. The number of fused-ring (bicyclic) bond motifs is 1. The van der Waals surface area contributed by atoms with E-state index in [0.717, 1.165) is 19.1 Å². The Bertz CT molecular complexity index is 353. The molecule has 3 fully saturated rings. The van der Waals surface area contributed by atoms with Crippen LogP contribution in [-0.4, -0.2) is 42.8 Å². The summed E-state index contributed by atoms with van der Waals surface area (Å²) in [5, 5.41) is 0. The lowest BCUT2D eigenvalue weighted by Crippen LogP contribution is -2.80. The lowest BCUT2D eigenvalue weighted by atomic mass is 9.46. The van der Waals surface area contributed by atoms with Crippen molar-refractivity contribution in [2.75, 3.05) is 20.2 Å². The van der Waals surface area contributed by atoms with E-state index in [4.69, 9.17) is 10.5 Å². The first kappa shape index (κ1) is 13.8. The SMILES string of the molecule is CC(C1CC1)N(C)CC1(N)C2CCCOC2C1(C)C. The molecule has 1 aliphatic heterocycles. The summed E-state index contributed by atoms with van der Waals surface area (Å²) in [5.41, 5.74) is 6.91. The van der Waals surface area contributed by atoms with Gasteiger partial charge in [-0.15, -0.1) is 0 Å². The van der Waals surface area contributed by atoms with E-state index in [9.17, 15) is 0 Å². The van der Waals surface area contributed by atoms with E-state index in [1.54, 1.807) is 0 Å². The summed E-state index contributed by atoms with van der Waals surface area (Å²) >= 11 is 0. The van der Waals surface area contributed by atoms with Crippen molar-refractivity contribution in [3.05, 3.63) is 0 Å². The number of likely N-dealkylation sites (N-methyl/N-ethyl adjacent to an activating group) is 1. The quantitative estimate of drug-likeness (QED) is 0.848. The van der Waals surface area contributed by atoms with E-state index in [2.05, 4.69) is 32.7 Å². The first-order valence-electron chi connectivity index (χ1n) is 7.98. The smallest absolute Gasteiger partial charge is 0.0690 e. The minimum atomic E-state index is -0.0734. The summed E-state index contributed by atoms with van der Waals surface area (Å²) in [6.07, 6.45) is 5.62. The number of ether oxygens (including phenoxy) is 1. The fourth-order valence-electron chi connectivity index (χ4n) is 4.48. The zero-order chi connectivity index (χ0) is 13.8. The fourth-order valence-corrected chi connectivity index (χ4v) is 4.48. The van der Waals surface area contributed by atoms with Crippen LogP contribution in [0.2, 0.25) is 0 Å². The molecule has 3 rings (SSSR count). The largest absolute Gasteiger partial charge is 0.377 e. The van der Waals surface area contributed by atoms with Crippen molar-refractivity contribution in [2.45, 2.75) is 64.1 Å². The highest BCUT2D eigenvalue weighted by molar-refractivity contribution is 5.21. The number of nitrogens with zero attached hydrogens (tertiary/aromatic N) is 1. The van der Waals surface area contributed by atoms with Gasteiger partial charge in [0.2, 0.25) is 0 Å². The van der Waals surface area contributed by atoms with Gasteiger partial charge in [0.1, 0.15) is 0 Å². The van der Waals surface area contributed by atoms with E-state index in [0.29, 0.717) is 18.1 Å². The monoisotopic (exact) mass is 266 g/mol. The summed E-state index contributed by atoms with van der Waals surface area (Å²) in [4.78, 5) is 2.50. The third kappa shape index (κ3) is 1.97. The lowest BCUT2D eigenvalue weighted by Gasteiger charge is -2.67. The maximum atomic E-state index is 6.87. The molecule has 0 bridgehead atoms. The Kier molecular flexibility index (Phi) is 3.23. The van der Waals surface area contributed by atoms with Crippen molar-refractivity contribution in [1.82, 2.24) is 4.90 Å². The molecule has 2 aliphatic carbocycles. The normalized spacial score (nSPS) is 42.6. The Morgan fingerprint density at radius 3 is 2.63 bits per heavy atom. The second kappa shape index (κ2) is 4.44. The van der Waals surface area contributed by atoms with Gasteiger partial charge in [-0.2, -0.15) is 0 Å². The predicted octanol–water partition coefficient (Wildman–Crippen LogP) is 2.25. The van der Waals surface area contributed by atoms with Crippen molar-refractivity contribution in [1.29, 1.82) is 0 Å². The average molecular weight is 266 g/mol. The van der Waals surface area contributed by atoms with Crippen molar-refractivity contribution >= 4 is 0 Å². The molecule has 3 nitrogen and oxygen atoms in total. The lowest BCUT2D eigenvalue weighted by molar-refractivity contribution is -0.232. The molecule has 1 saturated heterocycles. The molecule has 3 aliphatic rings. The molecule has 0 radical (unpaired) electrons. The number of nitrogens with two attached hydrogens (primary N) is 1. The third-order valence-corrected chi connectivity index (χ3v) is 6.41. The van der Waals surface area contributed by atoms with Crippen molar-refractivity contribution in [3.63, 3.8) is 0 Å². The Morgan fingerprint density at radius 2 is 2.00 bits per heavy atom. The number of rotatable bonds is 4. The van der Waals surface area contributed by atoms with Gasteiger partial charge >= 0.3 is 0 Å². The summed E-state index contributed by atoms with van der Waals surface area (Å²) < 4.78 is 5.99. The molecule has 0 amide bonds. The Hall–Kier alpha value is -0.120. The number of hydrogen-bond donors (Lipinski definition) is 1. The van der Waals surface area contributed by atoms with Crippen LogP contribution in [0.15, 0.2) is 0 Å². The van der Waals surface area contributed by atoms with Crippen LogP contribution in [0.5, 0.6) is 0 Å². The van der Waals surface area contributed by atoms with E-state index in [1.807, 2.05) is 0 Å². The molecule has 4 unspecified atom stereocenters. The summed E-state index contributed by atoms with van der Waals surface area (Å²) in [6.45, 7) is 8.91. The molecule has 0 aromatic rings. The fraction of sp³-hybridized carbons (Fsp3) is 1.00. The molecule has 2 saturated carbocycles. The van der Waals surface area contributed by atoms with Gasteiger partial charge < -0.3 is 15.4 Å². The van der Waals surface area contributed by atoms with Gasteiger partial charge in [-0.05, 0) is 45.6 Å². The number of hydrogen-bond acceptors (Lipinski definition) is 3. The molecule has 110 valence electrons. The van der Waals surface area contributed by atoms with Crippen molar-refractivity contribution < 1.29 is 4.74 Å². The maximum absolute atomic E-state index is 6.87. The standard InChI is InChI=1S/C16H30N2O/c1-11(12-7-8-12)18(4)10-16(17)13-6-5-9-19-14(13)15(16,2)3/h11-14H,5-10,17H2,1-4H3. The van der Waals surface area contributed by atoms with Crippen LogP contribution in [0, 0.1) is 17.3 Å². The summed E-state index contributed by atoms with van der Waals surface area (Å²) in [5.74, 6) is 1.47. The molecule has 3 heteroatoms. The van der Waals surface area contributed by atoms with Crippen LogP contribution >= 0.6 is 0 Å². The van der Waals surface area contributed by atoms with Gasteiger partial charge in [-0.1, -0.05) is 13.8 Å². The topological polar surface area (TPSA) is 38.5 Å². The maximum Gasteiger partial charge on any atom is 0.0690 e. The zero-order valence-corrected chi connectivity index (χ0v) is 13.0. The molecule has 1 heterocycles. The van der Waals surface area contributed by atoms with Crippen molar-refractivity contribution in [2.24, 2.45) is 23.0 Å². The van der Waals surface area contributed by atoms with Crippen LogP contribution < -0.4 is 5.73 Å². The first-order valence-corrected chi connectivity index (χ1v) is 7.98. The van der Waals surface area contributed by atoms with E-state index in [-0.39, 0.29) is 11.0 Å². The first-order chi connectivity index (χ1) is 8.88. The van der Waals surface area contributed by atoms with Gasteiger partial charge in [-0.3, -0.25) is 0 Å². The van der Waals surface area contributed by atoms with Crippen LogP contribution in [0.3, 0.4) is 0 Å². The van der Waals surface area contributed by atoms with Gasteiger partial charge in [0.15, 0.2) is 0 Å². The molecule has 4 atom stereocenters. The highest BCUT2D eigenvalue weighted by Crippen LogP contribution is 2.57. The zero-order valence-electron chi connectivity index (χ0n) is 13.0. The Labute approximate surface area is 117 Å². The third-order valence-electron chi connectivity index (χ3n) is 6.41. The minimum Gasteiger partial charge on any atom is -0.377 e. The molecule has 19 heavy (non-hydrogen) atoms. The van der Waals surface area contributed by atoms with Crippen LogP contribution in [0.1, 0.15) is 46.5 Å². The van der Waals surface area contributed by atoms with E-state index < -0.39 is 0 Å². The van der Waals surface area contributed by atoms with E-state index in [1.165, 1.54) is 25.7 Å². The highest BCUT2D eigenvalue weighted by atomic mass is 16.5. The molecule has 0 aromatic carbocycles. The van der Waals surface area contributed by atoms with E-state index >= 15 is 0 Å². The highest BCUT2D eigenvalue weighted by Gasteiger charge is 2.66. The molecule has 0 spiro atoms. The van der Waals surface area contributed by atoms with Gasteiger partial charge in [0.05, 0.1) is 6.10 Å². The van der Waals surface area contributed by atoms with Crippen LogP contribution in [-0.2, 0) is 4.74 Å². The Balaban J connectivity index is 1.70. The summed E-state index contributed by atoms with van der Waals surface area (Å²) in [7, 11) is 2.25.